The van der Waals surface area contributed by atoms with Crippen LogP contribution in [-0.4, -0.2) is 29.7 Å². The van der Waals surface area contributed by atoms with Gasteiger partial charge in [0.15, 0.2) is 5.01 Å². The number of thiazole rings is 1. The average molecular weight is 261 g/mol. The van der Waals surface area contributed by atoms with Crippen molar-refractivity contribution >= 4 is 35.0 Å². The Labute approximate surface area is 101 Å². The van der Waals surface area contributed by atoms with Crippen molar-refractivity contribution in [3.63, 3.8) is 0 Å². The second kappa shape index (κ2) is 6.46. The summed E-state index contributed by atoms with van der Waals surface area (Å²) in [7, 11) is 1.34. The van der Waals surface area contributed by atoms with Crippen LogP contribution in [0.1, 0.15) is 15.5 Å². The molecule has 3 N–H and O–H groups in total. The Bertz CT molecular complexity index is 380. The fraction of sp³-hybridized carbons (Fsp3) is 0.375. The number of carbonyl (C=O) groups excluding carboxylic acids is 2. The quantitative estimate of drug-likeness (QED) is 0.339. The molecule has 16 heavy (non-hydrogen) atoms. The molecular formula is C8H11N3O3S2. The first-order chi connectivity index (χ1) is 7.67. The molecule has 0 saturated heterocycles. The fourth-order valence-electron chi connectivity index (χ4n) is 0.837. The molecule has 1 aromatic heterocycles. The van der Waals surface area contributed by atoms with Gasteiger partial charge in [-0.05, 0) is 0 Å². The average Bonchev–Trinajstić information content (AvgIpc) is 2.76. The van der Waals surface area contributed by atoms with Crippen LogP contribution < -0.4 is 11.3 Å². The second-order valence-corrected chi connectivity index (χ2v) is 4.53. The van der Waals surface area contributed by atoms with Gasteiger partial charge >= 0.3 is 5.97 Å². The van der Waals surface area contributed by atoms with E-state index >= 15 is 0 Å². The van der Waals surface area contributed by atoms with Crippen molar-refractivity contribution in [3.8, 4) is 0 Å². The number of rotatable bonds is 5. The van der Waals surface area contributed by atoms with Crippen LogP contribution in [0.15, 0.2) is 5.38 Å². The first-order valence-corrected chi connectivity index (χ1v) is 6.30. The van der Waals surface area contributed by atoms with Crippen LogP contribution in [0.3, 0.4) is 0 Å². The van der Waals surface area contributed by atoms with E-state index in [4.69, 9.17) is 5.84 Å². The number of nitrogen functional groups attached to an aromatic ring is 1. The van der Waals surface area contributed by atoms with E-state index in [1.54, 1.807) is 5.38 Å². The Morgan fingerprint density at radius 2 is 2.44 bits per heavy atom. The Morgan fingerprint density at radius 1 is 1.69 bits per heavy atom. The van der Waals surface area contributed by atoms with Crippen LogP contribution in [0.25, 0.3) is 0 Å². The molecule has 0 bridgehead atoms. The number of amides is 1. The summed E-state index contributed by atoms with van der Waals surface area (Å²) in [6.45, 7) is 0. The minimum absolute atomic E-state index is 0.270. The van der Waals surface area contributed by atoms with Gasteiger partial charge in [-0.25, -0.2) is 10.8 Å². The summed E-state index contributed by atoms with van der Waals surface area (Å²) in [6.07, 6.45) is 0. The summed E-state index contributed by atoms with van der Waals surface area (Å²) >= 11 is 2.59. The minimum atomic E-state index is -0.408. The van der Waals surface area contributed by atoms with Gasteiger partial charge in [0.05, 0.1) is 18.6 Å². The number of nitrogens with zero attached hydrogens (tertiary/aromatic N) is 1. The highest BCUT2D eigenvalue weighted by Gasteiger charge is 2.09. The molecule has 0 spiro atoms. The first kappa shape index (κ1) is 12.9. The Kier molecular flexibility index (Phi) is 5.23. The summed E-state index contributed by atoms with van der Waals surface area (Å²) in [4.78, 5) is 26.0. The maximum Gasteiger partial charge on any atom is 0.315 e. The molecule has 1 amide bonds. The zero-order valence-electron chi connectivity index (χ0n) is 8.56. The van der Waals surface area contributed by atoms with E-state index in [0.29, 0.717) is 10.8 Å². The molecule has 6 nitrogen and oxygen atoms in total. The van der Waals surface area contributed by atoms with E-state index in [2.05, 4.69) is 9.72 Å². The number of hydrogen-bond donors (Lipinski definition) is 2. The number of nitrogens with one attached hydrogen (secondary N) is 1. The summed E-state index contributed by atoms with van der Waals surface area (Å²) in [5.74, 6) is 5.12. The number of ether oxygens (including phenoxy) is 1. The molecule has 0 aromatic carbocycles. The molecule has 0 unspecified atom stereocenters. The molecule has 0 fully saturated rings. The van der Waals surface area contributed by atoms with Crippen LogP contribution in [0.5, 0.6) is 0 Å². The fourth-order valence-corrected chi connectivity index (χ4v) is 2.41. The summed E-state index contributed by atoms with van der Waals surface area (Å²) in [5.41, 5.74) is 2.75. The highest BCUT2D eigenvalue weighted by atomic mass is 32.2. The van der Waals surface area contributed by atoms with Gasteiger partial charge in [0, 0.05) is 11.1 Å². The molecule has 0 radical (unpaired) electrons. The third kappa shape index (κ3) is 3.80. The molecule has 1 rings (SSSR count). The van der Waals surface area contributed by atoms with E-state index in [9.17, 15) is 9.59 Å². The maximum absolute atomic E-state index is 11.1. The van der Waals surface area contributed by atoms with Crippen LogP contribution in [-0.2, 0) is 15.3 Å². The summed E-state index contributed by atoms with van der Waals surface area (Å²) < 4.78 is 4.49. The Balaban J connectivity index is 2.41. The van der Waals surface area contributed by atoms with Gasteiger partial charge in [0.1, 0.15) is 0 Å². The number of carbonyl (C=O) groups is 2. The molecule has 0 aliphatic carbocycles. The molecule has 0 saturated carbocycles. The molecule has 0 aliphatic heterocycles. The van der Waals surface area contributed by atoms with E-state index < -0.39 is 5.91 Å². The maximum atomic E-state index is 11.1. The van der Waals surface area contributed by atoms with Crippen molar-refractivity contribution in [1.82, 2.24) is 10.4 Å². The van der Waals surface area contributed by atoms with Crippen molar-refractivity contribution in [2.75, 3.05) is 12.9 Å². The lowest BCUT2D eigenvalue weighted by molar-refractivity contribution is -0.137. The third-order valence-corrected chi connectivity index (χ3v) is 3.40. The van der Waals surface area contributed by atoms with Gasteiger partial charge < -0.3 is 4.74 Å². The molecule has 88 valence electrons. The smallest absolute Gasteiger partial charge is 0.315 e. The summed E-state index contributed by atoms with van der Waals surface area (Å²) in [5, 5.41) is 2.07. The Hall–Kier alpha value is -1.12. The molecule has 0 atom stereocenters. The number of hydrazine groups is 1. The van der Waals surface area contributed by atoms with Gasteiger partial charge in [0.25, 0.3) is 5.91 Å². The van der Waals surface area contributed by atoms with Crippen molar-refractivity contribution < 1.29 is 14.3 Å². The number of thioether (sulfide) groups is 1. The summed E-state index contributed by atoms with van der Waals surface area (Å²) in [6, 6.07) is 0. The highest BCUT2D eigenvalue weighted by molar-refractivity contribution is 7.99. The second-order valence-electron chi connectivity index (χ2n) is 2.69. The van der Waals surface area contributed by atoms with Gasteiger partial charge in [-0.2, -0.15) is 0 Å². The number of nitrogens with two attached hydrogens (primary N) is 1. The van der Waals surface area contributed by atoms with Crippen molar-refractivity contribution in [1.29, 1.82) is 0 Å². The van der Waals surface area contributed by atoms with Crippen LogP contribution >= 0.6 is 23.1 Å². The Morgan fingerprint density at radius 3 is 3.06 bits per heavy atom. The van der Waals surface area contributed by atoms with Crippen molar-refractivity contribution in [2.45, 2.75) is 5.75 Å². The predicted molar refractivity (Wildman–Crippen MR) is 61.9 cm³/mol. The van der Waals surface area contributed by atoms with E-state index in [1.807, 2.05) is 5.43 Å². The van der Waals surface area contributed by atoms with E-state index in [1.165, 1.54) is 30.2 Å². The zero-order valence-corrected chi connectivity index (χ0v) is 10.2. The van der Waals surface area contributed by atoms with Gasteiger partial charge in [-0.3, -0.25) is 15.0 Å². The van der Waals surface area contributed by atoms with Crippen LogP contribution in [0.2, 0.25) is 0 Å². The number of aromatic nitrogens is 1. The van der Waals surface area contributed by atoms with Crippen molar-refractivity contribution in [3.05, 3.63) is 16.1 Å². The lowest BCUT2D eigenvalue weighted by Gasteiger charge is -1.97. The molecule has 1 heterocycles. The standard InChI is InChI=1S/C8H11N3O3S2/c1-14-6(12)4-15-2-5-3-16-8(10-5)7(13)11-9/h3H,2,4,9H2,1H3,(H,11,13). The lowest BCUT2D eigenvalue weighted by Crippen LogP contribution is -2.29. The molecule has 1 aromatic rings. The van der Waals surface area contributed by atoms with Gasteiger partial charge in [-0.1, -0.05) is 0 Å². The van der Waals surface area contributed by atoms with Crippen LogP contribution in [0, 0.1) is 0 Å². The highest BCUT2D eigenvalue weighted by Crippen LogP contribution is 2.15. The molecule has 0 aliphatic rings. The van der Waals surface area contributed by atoms with Crippen molar-refractivity contribution in [2.24, 2.45) is 5.84 Å². The van der Waals surface area contributed by atoms with Crippen LogP contribution in [0.4, 0.5) is 0 Å². The topological polar surface area (TPSA) is 94.3 Å². The molecule has 8 heteroatoms. The number of methoxy groups -OCH3 is 1. The van der Waals surface area contributed by atoms with E-state index in [-0.39, 0.29) is 11.7 Å². The monoisotopic (exact) mass is 261 g/mol. The van der Waals surface area contributed by atoms with Gasteiger partial charge in [0.2, 0.25) is 0 Å². The van der Waals surface area contributed by atoms with Gasteiger partial charge in [-0.15, -0.1) is 23.1 Å². The largest absolute Gasteiger partial charge is 0.468 e. The third-order valence-electron chi connectivity index (χ3n) is 1.57. The SMILES string of the molecule is COC(=O)CSCc1csc(C(=O)NN)n1. The lowest BCUT2D eigenvalue weighted by atomic mass is 10.5. The first-order valence-electron chi connectivity index (χ1n) is 4.27. The normalized spacial score (nSPS) is 9.88. The number of hydrogen-bond acceptors (Lipinski definition) is 7. The predicted octanol–water partition coefficient (Wildman–Crippen LogP) is 0.153. The zero-order chi connectivity index (χ0) is 12.0. The number of esters is 1. The minimum Gasteiger partial charge on any atom is -0.468 e. The molecular weight excluding hydrogens is 250 g/mol. The van der Waals surface area contributed by atoms with E-state index in [0.717, 1.165) is 5.69 Å².